The number of carbonyl (C=O) groups is 3. The summed E-state index contributed by atoms with van der Waals surface area (Å²) in [5, 5.41) is 11.6. The predicted molar refractivity (Wildman–Crippen MR) is 98.0 cm³/mol. The highest BCUT2D eigenvalue weighted by atomic mass is 16.5. The van der Waals surface area contributed by atoms with Gasteiger partial charge in [0.15, 0.2) is 5.96 Å². The molecule has 0 unspecified atom stereocenters. The van der Waals surface area contributed by atoms with Gasteiger partial charge in [-0.25, -0.2) is 14.6 Å². The molecule has 0 aromatic heterocycles. The van der Waals surface area contributed by atoms with Crippen LogP contribution in [-0.4, -0.2) is 36.0 Å². The minimum absolute atomic E-state index is 0.0417. The summed E-state index contributed by atoms with van der Waals surface area (Å²) in [4.78, 5) is 39.0. The van der Waals surface area contributed by atoms with E-state index in [4.69, 9.17) is 16.2 Å². The molecule has 9 heteroatoms. The molecule has 0 bridgehead atoms. The maximum Gasteiger partial charge on any atom is 0.343 e. The van der Waals surface area contributed by atoms with Crippen molar-refractivity contribution in [3.63, 3.8) is 0 Å². The number of carbonyl (C=O) groups excluding carboxylic acids is 2. The Morgan fingerprint density at radius 1 is 1.11 bits per heavy atom. The number of guanidine groups is 1. The van der Waals surface area contributed by atoms with Crippen LogP contribution in [0.25, 0.3) is 0 Å². The number of amides is 1. The molecule has 9 nitrogen and oxygen atoms in total. The molecular formula is C18H18N4O5. The normalized spacial score (nSPS) is 9.96. The number of likely N-dealkylation sites (N-methyl/N-ethyl adjacent to an activating group) is 1. The second-order valence-corrected chi connectivity index (χ2v) is 5.45. The van der Waals surface area contributed by atoms with E-state index in [-0.39, 0.29) is 40.7 Å². The Kier molecular flexibility index (Phi) is 6.10. The zero-order chi connectivity index (χ0) is 20.0. The molecule has 27 heavy (non-hydrogen) atoms. The van der Waals surface area contributed by atoms with Crippen molar-refractivity contribution in [2.75, 3.05) is 7.05 Å². The van der Waals surface area contributed by atoms with Gasteiger partial charge in [-0.15, -0.1) is 0 Å². The lowest BCUT2D eigenvalue weighted by molar-refractivity contribution is -0.119. The summed E-state index contributed by atoms with van der Waals surface area (Å²) in [6, 6.07) is 10.0. The third kappa shape index (κ3) is 5.30. The van der Waals surface area contributed by atoms with E-state index >= 15 is 0 Å². The number of nitrogens with zero attached hydrogens (tertiary/aromatic N) is 1. The summed E-state index contributed by atoms with van der Waals surface area (Å²) >= 11 is 0. The largest absolute Gasteiger partial charge is 0.478 e. The van der Waals surface area contributed by atoms with Crippen LogP contribution in [-0.2, 0) is 11.2 Å². The van der Waals surface area contributed by atoms with E-state index in [1.807, 2.05) is 0 Å². The van der Waals surface area contributed by atoms with Gasteiger partial charge < -0.3 is 26.6 Å². The first-order valence-electron chi connectivity index (χ1n) is 7.79. The van der Waals surface area contributed by atoms with Crippen LogP contribution >= 0.6 is 0 Å². The Morgan fingerprint density at radius 3 is 2.33 bits per heavy atom. The first kappa shape index (κ1) is 19.4. The van der Waals surface area contributed by atoms with Crippen molar-refractivity contribution < 1.29 is 24.2 Å². The summed E-state index contributed by atoms with van der Waals surface area (Å²) in [6.07, 6.45) is -0.156. The fraction of sp³-hybridized carbons (Fsp3) is 0.111. The number of rotatable bonds is 6. The number of nitrogens with two attached hydrogens (primary N) is 2. The van der Waals surface area contributed by atoms with E-state index in [0.29, 0.717) is 5.69 Å². The van der Waals surface area contributed by atoms with Gasteiger partial charge in [-0.3, -0.25) is 4.79 Å². The van der Waals surface area contributed by atoms with E-state index < -0.39 is 11.9 Å². The van der Waals surface area contributed by atoms with Crippen LogP contribution in [0.5, 0.6) is 5.75 Å². The Bertz CT molecular complexity index is 902. The summed E-state index contributed by atoms with van der Waals surface area (Å²) in [6.45, 7) is 0. The standard InChI is InChI=1S/C18H18N4O5/c1-21-15(23)9-11-8-13(6-7-14(11)16(24)25)27-17(26)10-2-4-12(5-3-10)22-18(19)20/h2-8H,9H2,1H3,(H,21,23)(H,24,25)(H4,19,20,22). The van der Waals surface area contributed by atoms with Crippen LogP contribution in [0.2, 0.25) is 0 Å². The first-order chi connectivity index (χ1) is 12.8. The molecule has 0 aliphatic rings. The number of aliphatic imine (C=N–C) groups is 1. The minimum atomic E-state index is -1.18. The van der Waals surface area contributed by atoms with Gasteiger partial charge in [0.25, 0.3) is 0 Å². The average molecular weight is 370 g/mol. The van der Waals surface area contributed by atoms with Crippen molar-refractivity contribution in [2.24, 2.45) is 16.5 Å². The fourth-order valence-corrected chi connectivity index (χ4v) is 2.24. The van der Waals surface area contributed by atoms with Crippen LogP contribution < -0.4 is 21.5 Å². The minimum Gasteiger partial charge on any atom is -0.478 e. The number of ether oxygens (including phenoxy) is 1. The molecule has 140 valence electrons. The molecule has 0 aliphatic carbocycles. The van der Waals surface area contributed by atoms with E-state index in [9.17, 15) is 19.5 Å². The smallest absolute Gasteiger partial charge is 0.343 e. The number of benzene rings is 2. The van der Waals surface area contributed by atoms with E-state index in [2.05, 4.69) is 10.3 Å². The van der Waals surface area contributed by atoms with Crippen molar-refractivity contribution >= 4 is 29.5 Å². The molecule has 2 rings (SSSR count). The van der Waals surface area contributed by atoms with Gasteiger partial charge in [0.2, 0.25) is 5.91 Å². The topological polar surface area (TPSA) is 157 Å². The van der Waals surface area contributed by atoms with Gasteiger partial charge in [-0.05, 0) is 48.0 Å². The van der Waals surface area contributed by atoms with E-state index in [1.165, 1.54) is 37.4 Å². The monoisotopic (exact) mass is 370 g/mol. The number of carboxylic acid groups (broad SMARTS) is 1. The highest BCUT2D eigenvalue weighted by Crippen LogP contribution is 2.21. The molecule has 0 fully saturated rings. The SMILES string of the molecule is CNC(=O)Cc1cc(OC(=O)c2ccc(N=C(N)N)cc2)ccc1C(=O)O. The molecule has 0 atom stereocenters. The Balaban J connectivity index is 2.22. The third-order valence-corrected chi connectivity index (χ3v) is 3.51. The van der Waals surface area contributed by atoms with Crippen molar-refractivity contribution in [1.29, 1.82) is 0 Å². The summed E-state index contributed by atoms with van der Waals surface area (Å²) < 4.78 is 5.26. The highest BCUT2D eigenvalue weighted by molar-refractivity contribution is 5.93. The van der Waals surface area contributed by atoms with Gasteiger partial charge >= 0.3 is 11.9 Å². The quantitative estimate of drug-likeness (QED) is 0.253. The summed E-state index contributed by atoms with van der Waals surface area (Å²) in [5.41, 5.74) is 11.5. The van der Waals surface area contributed by atoms with Gasteiger partial charge in [-0.1, -0.05) is 0 Å². The zero-order valence-electron chi connectivity index (χ0n) is 14.4. The maximum absolute atomic E-state index is 12.3. The molecule has 2 aromatic rings. The first-order valence-corrected chi connectivity index (χ1v) is 7.79. The predicted octanol–water partition coefficient (Wildman–Crippen LogP) is 0.797. The van der Waals surface area contributed by atoms with Crippen molar-refractivity contribution in [1.82, 2.24) is 5.32 Å². The molecule has 1 amide bonds. The second kappa shape index (κ2) is 8.48. The summed E-state index contributed by atoms with van der Waals surface area (Å²) in [5.74, 6) is -2.18. The molecule has 0 saturated carbocycles. The van der Waals surface area contributed by atoms with Gasteiger partial charge in [0.1, 0.15) is 5.75 Å². The Labute approximate surface area is 154 Å². The highest BCUT2D eigenvalue weighted by Gasteiger charge is 2.16. The van der Waals surface area contributed by atoms with E-state index in [1.54, 1.807) is 12.1 Å². The van der Waals surface area contributed by atoms with Crippen molar-refractivity contribution in [2.45, 2.75) is 6.42 Å². The van der Waals surface area contributed by atoms with Crippen LogP contribution in [0.3, 0.4) is 0 Å². The molecule has 0 saturated heterocycles. The lowest BCUT2D eigenvalue weighted by Crippen LogP contribution is -2.21. The Morgan fingerprint density at radius 2 is 1.78 bits per heavy atom. The molecular weight excluding hydrogens is 352 g/mol. The fourth-order valence-electron chi connectivity index (χ4n) is 2.24. The molecule has 6 N–H and O–H groups in total. The molecule has 0 spiro atoms. The van der Waals surface area contributed by atoms with Crippen molar-refractivity contribution in [3.8, 4) is 5.75 Å². The number of hydrogen-bond acceptors (Lipinski definition) is 5. The second-order valence-electron chi connectivity index (χ2n) is 5.45. The van der Waals surface area contributed by atoms with Gasteiger partial charge in [0, 0.05) is 7.05 Å². The molecule has 2 aromatic carbocycles. The number of nitrogens with one attached hydrogen (secondary N) is 1. The summed E-state index contributed by atoms with van der Waals surface area (Å²) in [7, 11) is 1.44. The molecule has 0 aliphatic heterocycles. The van der Waals surface area contributed by atoms with E-state index in [0.717, 1.165) is 0 Å². The third-order valence-electron chi connectivity index (χ3n) is 3.51. The van der Waals surface area contributed by atoms with Crippen LogP contribution in [0.1, 0.15) is 26.3 Å². The number of hydrogen-bond donors (Lipinski definition) is 4. The lowest BCUT2D eigenvalue weighted by Gasteiger charge is -2.09. The van der Waals surface area contributed by atoms with Gasteiger partial charge in [-0.2, -0.15) is 0 Å². The van der Waals surface area contributed by atoms with Crippen LogP contribution in [0.15, 0.2) is 47.5 Å². The van der Waals surface area contributed by atoms with Crippen LogP contribution in [0, 0.1) is 0 Å². The van der Waals surface area contributed by atoms with Crippen LogP contribution in [0.4, 0.5) is 5.69 Å². The zero-order valence-corrected chi connectivity index (χ0v) is 14.4. The number of esters is 1. The molecule has 0 heterocycles. The Hall–Kier alpha value is -3.88. The maximum atomic E-state index is 12.3. The number of carboxylic acids is 1. The lowest BCUT2D eigenvalue weighted by atomic mass is 10.0. The molecule has 0 radical (unpaired) electrons. The van der Waals surface area contributed by atoms with Crippen molar-refractivity contribution in [3.05, 3.63) is 59.2 Å². The number of aromatic carboxylic acids is 1. The average Bonchev–Trinajstić information content (AvgIpc) is 2.61. The van der Waals surface area contributed by atoms with Gasteiger partial charge in [0.05, 0.1) is 23.2 Å².